The van der Waals surface area contributed by atoms with Crippen molar-refractivity contribution in [1.82, 2.24) is 0 Å². The molecule has 0 saturated carbocycles. The van der Waals surface area contributed by atoms with Gasteiger partial charge in [-0.1, -0.05) is 35.5 Å². The number of hydrogen-bond acceptors (Lipinski definition) is 6. The maximum absolute atomic E-state index is 11.8. The summed E-state index contributed by atoms with van der Waals surface area (Å²) >= 11 is 0. The number of hydrogen-bond donors (Lipinski definition) is 6. The molecular weight excluding hydrogens is 552 g/mol. The molecule has 0 unspecified atom stereocenters. The number of rotatable bonds is 6. The molecule has 0 spiro atoms. The second kappa shape index (κ2) is 10.7. The minimum Gasteiger partial charge on any atom is -0.478 e. The van der Waals surface area contributed by atoms with Crippen molar-refractivity contribution < 1.29 is 59.4 Å². The number of aromatic carboxylic acids is 6. The molecule has 0 radical (unpaired) electrons. The van der Waals surface area contributed by atoms with E-state index in [1.165, 1.54) is 0 Å². The number of carboxylic acid groups (broad SMARTS) is 6. The molecule has 0 saturated heterocycles. The fraction of sp³-hybridized carbons (Fsp3) is 0. The molecule has 12 nitrogen and oxygen atoms in total. The lowest BCUT2D eigenvalue weighted by Crippen LogP contribution is -2.11. The molecule has 204 valence electrons. The Morgan fingerprint density at radius 1 is 0.310 bits per heavy atom. The van der Waals surface area contributed by atoms with Crippen LogP contribution in [0.1, 0.15) is 95.5 Å². The quantitative estimate of drug-likeness (QED) is 0.186. The lowest BCUT2D eigenvalue weighted by Gasteiger charge is -2.08. The lowest BCUT2D eigenvalue weighted by atomic mass is 9.94. The highest BCUT2D eigenvalue weighted by Crippen LogP contribution is 2.22. The van der Waals surface area contributed by atoms with Crippen molar-refractivity contribution in [3.63, 3.8) is 0 Å². The second-order valence-corrected chi connectivity index (χ2v) is 8.41. The summed E-state index contributed by atoms with van der Waals surface area (Å²) in [4.78, 5) is 70.6. The highest BCUT2D eigenvalue weighted by molar-refractivity contribution is 6.04. The van der Waals surface area contributed by atoms with Gasteiger partial charge in [0.1, 0.15) is 0 Å². The van der Waals surface area contributed by atoms with E-state index in [2.05, 4.69) is 35.5 Å². The Kier molecular flexibility index (Phi) is 7.20. The average Bonchev–Trinajstić information content (AvgIpc) is 2.92. The fourth-order valence-electron chi connectivity index (χ4n) is 3.89. The predicted octanol–water partition coefficient (Wildman–Crippen LogP) is 2.39. The molecule has 0 heterocycles. The molecule has 6 N–H and O–H groups in total. The minimum atomic E-state index is -1.60. The zero-order valence-electron chi connectivity index (χ0n) is 20.6. The molecule has 0 aliphatic heterocycles. The van der Waals surface area contributed by atoms with Gasteiger partial charge < -0.3 is 30.6 Å². The fourth-order valence-corrected chi connectivity index (χ4v) is 3.89. The van der Waals surface area contributed by atoms with E-state index in [4.69, 9.17) is 0 Å². The van der Waals surface area contributed by atoms with Crippen LogP contribution in [0.4, 0.5) is 0 Å². The van der Waals surface area contributed by atoms with Crippen LogP contribution in [0.25, 0.3) is 0 Å². The van der Waals surface area contributed by atoms with E-state index in [0.29, 0.717) is 0 Å². The van der Waals surface area contributed by atoms with E-state index < -0.39 is 69.2 Å². The first-order valence-electron chi connectivity index (χ1n) is 11.3. The van der Waals surface area contributed by atoms with Gasteiger partial charge in [0, 0.05) is 33.4 Å². The van der Waals surface area contributed by atoms with E-state index in [-0.39, 0.29) is 33.4 Å². The highest BCUT2D eigenvalue weighted by atomic mass is 16.4. The van der Waals surface area contributed by atoms with E-state index in [9.17, 15) is 59.4 Å². The first kappa shape index (κ1) is 28.2. The summed E-state index contributed by atoms with van der Waals surface area (Å²) in [6.07, 6.45) is 0. The highest BCUT2D eigenvalue weighted by Gasteiger charge is 2.22. The molecule has 0 atom stereocenters. The van der Waals surface area contributed by atoms with Gasteiger partial charge in [0.2, 0.25) is 0 Å². The van der Waals surface area contributed by atoms with Gasteiger partial charge in [-0.25, -0.2) is 28.8 Å². The van der Waals surface area contributed by atoms with Crippen LogP contribution in [0.15, 0.2) is 36.4 Å². The van der Waals surface area contributed by atoms with Gasteiger partial charge in [0.05, 0.1) is 33.4 Å². The summed E-state index contributed by atoms with van der Waals surface area (Å²) < 4.78 is 0. The molecule has 3 aromatic rings. The SMILES string of the molecule is O=C(O)c1cc2c(cc1C(=O)O)C#Cc1cc(C(=O)O)c(C(=O)O)cc1C#Cc1cc(C(=O)O)c(C(=O)O)cc1C#C2. The Morgan fingerprint density at radius 3 is 0.524 bits per heavy atom. The van der Waals surface area contributed by atoms with Crippen LogP contribution in [0, 0.1) is 35.5 Å². The summed E-state index contributed by atoms with van der Waals surface area (Å²) in [5, 5.41) is 57.3. The van der Waals surface area contributed by atoms with Crippen LogP contribution < -0.4 is 0 Å². The Hall–Kier alpha value is -6.84. The van der Waals surface area contributed by atoms with Gasteiger partial charge in [0.25, 0.3) is 0 Å². The largest absolute Gasteiger partial charge is 0.478 e. The van der Waals surface area contributed by atoms with E-state index in [1.54, 1.807) is 0 Å². The van der Waals surface area contributed by atoms with Gasteiger partial charge in [-0.3, -0.25) is 0 Å². The molecule has 42 heavy (non-hydrogen) atoms. The van der Waals surface area contributed by atoms with Gasteiger partial charge in [-0.2, -0.15) is 0 Å². The predicted molar refractivity (Wildman–Crippen MR) is 139 cm³/mol. The summed E-state index contributed by atoms with van der Waals surface area (Å²) in [5.41, 5.74) is -4.57. The second-order valence-electron chi connectivity index (χ2n) is 8.41. The van der Waals surface area contributed by atoms with Crippen molar-refractivity contribution in [2.75, 3.05) is 0 Å². The molecule has 1 aliphatic carbocycles. The van der Waals surface area contributed by atoms with Crippen molar-refractivity contribution in [3.8, 4) is 35.5 Å². The third-order valence-electron chi connectivity index (χ3n) is 5.85. The van der Waals surface area contributed by atoms with E-state index in [0.717, 1.165) is 36.4 Å². The van der Waals surface area contributed by atoms with Crippen molar-refractivity contribution in [2.24, 2.45) is 0 Å². The van der Waals surface area contributed by atoms with Crippen LogP contribution in [-0.2, 0) is 0 Å². The maximum atomic E-state index is 11.8. The van der Waals surface area contributed by atoms with Crippen molar-refractivity contribution in [1.29, 1.82) is 0 Å². The summed E-state index contributed by atoms with van der Waals surface area (Å²) in [6, 6.07) is 5.59. The Morgan fingerprint density at radius 2 is 0.429 bits per heavy atom. The van der Waals surface area contributed by atoms with E-state index in [1.807, 2.05) is 0 Å². The van der Waals surface area contributed by atoms with Crippen LogP contribution in [-0.4, -0.2) is 66.5 Å². The maximum Gasteiger partial charge on any atom is 0.336 e. The zero-order chi connectivity index (χ0) is 30.9. The topological polar surface area (TPSA) is 224 Å². The standard InChI is InChI=1S/C30H12O12/c31-25(32)19-7-13-1-2-14-8-20(26(33)34)22(28(37)38)10-16(14)5-6-18-12-24(30(41)42)23(29(39)40)11-17(18)4-3-15(13)9-21(19)27(35)36/h7-12H,(H,31,32)(H,33,34)(H,35,36)(H,37,38)(H,39,40)(H,41,42). The van der Waals surface area contributed by atoms with Crippen LogP contribution >= 0.6 is 0 Å². The molecule has 1 aliphatic rings. The van der Waals surface area contributed by atoms with E-state index >= 15 is 0 Å². The zero-order valence-corrected chi connectivity index (χ0v) is 20.6. The first-order chi connectivity index (χ1) is 19.8. The molecule has 3 aromatic carbocycles. The number of carbonyl (C=O) groups is 6. The Labute approximate surface area is 234 Å². The van der Waals surface area contributed by atoms with Gasteiger partial charge in [-0.05, 0) is 36.4 Å². The Bertz CT molecular complexity index is 1650. The van der Waals surface area contributed by atoms with Crippen molar-refractivity contribution in [3.05, 3.63) is 103 Å². The molecule has 0 aromatic heterocycles. The van der Waals surface area contributed by atoms with Crippen LogP contribution in [0.5, 0.6) is 0 Å². The van der Waals surface area contributed by atoms with Gasteiger partial charge in [-0.15, -0.1) is 0 Å². The number of carboxylic acids is 6. The van der Waals surface area contributed by atoms with Crippen LogP contribution in [0.3, 0.4) is 0 Å². The summed E-state index contributed by atoms with van der Waals surface area (Å²) in [6.45, 7) is 0. The molecule has 12 heteroatoms. The van der Waals surface area contributed by atoms with Gasteiger partial charge in [0.15, 0.2) is 0 Å². The molecule has 0 bridgehead atoms. The average molecular weight is 564 g/mol. The minimum absolute atomic E-state index is 0.120. The van der Waals surface area contributed by atoms with Crippen molar-refractivity contribution >= 4 is 35.8 Å². The summed E-state index contributed by atoms with van der Waals surface area (Å²) in [7, 11) is 0. The first-order valence-corrected chi connectivity index (χ1v) is 11.3. The Balaban J connectivity index is 2.20. The molecular formula is C30H12O12. The van der Waals surface area contributed by atoms with Crippen molar-refractivity contribution in [2.45, 2.75) is 0 Å². The normalized spacial score (nSPS) is 10.6. The third-order valence-corrected chi connectivity index (χ3v) is 5.85. The number of fused-ring (bicyclic) bond motifs is 3. The van der Waals surface area contributed by atoms with Gasteiger partial charge >= 0.3 is 35.8 Å². The smallest absolute Gasteiger partial charge is 0.336 e. The summed E-state index contributed by atoms with van der Waals surface area (Å²) in [5.74, 6) is 6.03. The molecule has 4 rings (SSSR count). The molecule has 0 fully saturated rings. The lowest BCUT2D eigenvalue weighted by molar-refractivity contribution is 0.0651. The number of benzene rings is 3. The molecule has 0 amide bonds. The monoisotopic (exact) mass is 564 g/mol. The third kappa shape index (κ3) is 5.34. The van der Waals surface area contributed by atoms with Crippen LogP contribution in [0.2, 0.25) is 0 Å².